The fourth-order valence-electron chi connectivity index (χ4n) is 5.74. The van der Waals surface area contributed by atoms with Crippen molar-refractivity contribution < 1.29 is 28.5 Å². The lowest BCUT2D eigenvalue weighted by Gasteiger charge is -2.29. The molecular weight excluding hydrogens is 498 g/mol. The fraction of sp³-hybridized carbons (Fsp3) is 0.767. The van der Waals surface area contributed by atoms with Gasteiger partial charge in [-0.3, -0.25) is 5.32 Å². The Morgan fingerprint density at radius 1 is 1.05 bits per heavy atom. The third kappa shape index (κ3) is 8.87. The highest BCUT2D eigenvalue weighted by molar-refractivity contribution is 5.84. The second kappa shape index (κ2) is 14.8. The first-order valence-electron chi connectivity index (χ1n) is 15.0. The monoisotopic (exact) mass is 547 g/mol. The first-order valence-corrected chi connectivity index (χ1v) is 15.0. The Morgan fingerprint density at radius 3 is 2.59 bits per heavy atom. The average molecular weight is 548 g/mol. The first kappa shape index (κ1) is 30.2. The zero-order chi connectivity index (χ0) is 27.6. The maximum absolute atomic E-state index is 12.9. The highest BCUT2D eigenvalue weighted by Crippen LogP contribution is 2.46. The lowest BCUT2D eigenvalue weighted by Crippen LogP contribution is -2.46. The van der Waals surface area contributed by atoms with Crippen molar-refractivity contribution in [3.63, 3.8) is 0 Å². The van der Waals surface area contributed by atoms with E-state index in [2.05, 4.69) is 22.5 Å². The van der Waals surface area contributed by atoms with Crippen LogP contribution in [0.25, 0.3) is 0 Å². The van der Waals surface area contributed by atoms with E-state index >= 15 is 0 Å². The van der Waals surface area contributed by atoms with Gasteiger partial charge in [-0.05, 0) is 58.3 Å². The molecule has 2 N–H and O–H groups in total. The van der Waals surface area contributed by atoms with Crippen molar-refractivity contribution in [1.82, 2.24) is 10.2 Å². The summed E-state index contributed by atoms with van der Waals surface area (Å²) < 4.78 is 31.3. The number of unbranched alkanes of at least 4 members (excludes halogenated alkanes) is 4. The van der Waals surface area contributed by atoms with Gasteiger partial charge in [-0.15, -0.1) is 0 Å². The normalized spacial score (nSPS) is 28.3. The summed E-state index contributed by atoms with van der Waals surface area (Å²) >= 11 is 0. The quantitative estimate of drug-likeness (QED) is 0.299. The third-order valence-corrected chi connectivity index (χ3v) is 7.64. The summed E-state index contributed by atoms with van der Waals surface area (Å²) in [5, 5.41) is 6.34. The van der Waals surface area contributed by atoms with Gasteiger partial charge >= 0.3 is 6.09 Å². The van der Waals surface area contributed by atoms with Gasteiger partial charge in [0, 0.05) is 31.9 Å². The third-order valence-electron chi connectivity index (χ3n) is 7.64. The van der Waals surface area contributed by atoms with Crippen molar-refractivity contribution >= 4 is 11.8 Å². The van der Waals surface area contributed by atoms with Crippen LogP contribution in [0.15, 0.2) is 30.3 Å². The maximum atomic E-state index is 12.9. The molecule has 3 fully saturated rings. The molecule has 1 amide bonds. The van der Waals surface area contributed by atoms with E-state index in [4.69, 9.17) is 23.7 Å². The van der Waals surface area contributed by atoms with Crippen LogP contribution in [0.2, 0.25) is 0 Å². The molecule has 0 aromatic heterocycles. The SMILES string of the molecule is CCCCCCCOC[C@@]12O[C@@H](CNCCN3CCCCC3)[C@@H](OC(=O)Nc3ccccc3)[C@@H]1OC(C)(C)O2. The number of benzene rings is 1. The minimum atomic E-state index is -1.14. The Hall–Kier alpha value is -1.75. The topological polar surface area (TPSA) is 90.5 Å². The molecule has 0 radical (unpaired) electrons. The number of hydrogen-bond acceptors (Lipinski definition) is 8. The molecule has 0 bridgehead atoms. The molecule has 220 valence electrons. The summed E-state index contributed by atoms with van der Waals surface area (Å²) in [6.45, 7) is 11.4. The molecule has 0 spiro atoms. The Bertz CT molecular complexity index is 866. The zero-order valence-electron chi connectivity index (χ0n) is 24.1. The fourth-order valence-corrected chi connectivity index (χ4v) is 5.74. The zero-order valence-corrected chi connectivity index (χ0v) is 24.1. The Labute approximate surface area is 234 Å². The lowest BCUT2D eigenvalue weighted by atomic mass is 10.1. The average Bonchev–Trinajstić information content (AvgIpc) is 3.33. The van der Waals surface area contributed by atoms with Gasteiger partial charge in [0.15, 0.2) is 18.0 Å². The Balaban J connectivity index is 1.38. The van der Waals surface area contributed by atoms with Gasteiger partial charge in [-0.25, -0.2) is 4.79 Å². The van der Waals surface area contributed by atoms with Crippen LogP contribution in [-0.2, 0) is 23.7 Å². The molecule has 4 rings (SSSR count). The van der Waals surface area contributed by atoms with Crippen molar-refractivity contribution in [1.29, 1.82) is 0 Å². The number of likely N-dealkylation sites (tertiary alicyclic amines) is 1. The van der Waals surface area contributed by atoms with Crippen LogP contribution < -0.4 is 10.6 Å². The van der Waals surface area contributed by atoms with Crippen molar-refractivity contribution in [2.24, 2.45) is 0 Å². The van der Waals surface area contributed by atoms with Gasteiger partial charge in [0.2, 0.25) is 5.79 Å². The molecule has 39 heavy (non-hydrogen) atoms. The lowest BCUT2D eigenvalue weighted by molar-refractivity contribution is -0.277. The molecule has 3 aliphatic rings. The molecular formula is C30H49N3O6. The number of anilines is 1. The van der Waals surface area contributed by atoms with Crippen molar-refractivity contribution in [2.45, 2.75) is 102 Å². The second-order valence-electron chi connectivity index (χ2n) is 11.4. The number of carbonyl (C=O) groups is 1. The largest absolute Gasteiger partial charge is 0.440 e. The molecule has 1 aromatic rings. The molecule has 9 heteroatoms. The van der Waals surface area contributed by atoms with E-state index in [1.54, 1.807) is 0 Å². The molecule has 9 nitrogen and oxygen atoms in total. The van der Waals surface area contributed by atoms with Crippen LogP contribution in [0.5, 0.6) is 0 Å². The molecule has 3 saturated heterocycles. The molecule has 0 unspecified atom stereocenters. The predicted octanol–water partition coefficient (Wildman–Crippen LogP) is 4.91. The number of amides is 1. The van der Waals surface area contributed by atoms with Gasteiger partial charge in [0.1, 0.15) is 12.7 Å². The molecule has 0 saturated carbocycles. The van der Waals surface area contributed by atoms with E-state index in [1.807, 2.05) is 44.2 Å². The first-order chi connectivity index (χ1) is 18.9. The molecule has 4 atom stereocenters. The van der Waals surface area contributed by atoms with Crippen LogP contribution in [0.4, 0.5) is 10.5 Å². The minimum absolute atomic E-state index is 0.222. The van der Waals surface area contributed by atoms with Crippen LogP contribution in [0.1, 0.15) is 72.1 Å². The number of fused-ring (bicyclic) bond motifs is 1. The van der Waals surface area contributed by atoms with Gasteiger partial charge in [-0.1, -0.05) is 57.2 Å². The van der Waals surface area contributed by atoms with E-state index in [0.717, 1.165) is 39.0 Å². The molecule has 0 aliphatic carbocycles. The van der Waals surface area contributed by atoms with Gasteiger partial charge < -0.3 is 33.9 Å². The maximum Gasteiger partial charge on any atom is 0.412 e. The van der Waals surface area contributed by atoms with E-state index in [0.29, 0.717) is 18.8 Å². The van der Waals surface area contributed by atoms with Gasteiger partial charge in [0.05, 0.1) is 0 Å². The summed E-state index contributed by atoms with van der Waals surface area (Å²) in [7, 11) is 0. The Morgan fingerprint density at radius 2 is 1.82 bits per heavy atom. The van der Waals surface area contributed by atoms with Crippen LogP contribution in [0, 0.1) is 0 Å². The Kier molecular flexibility index (Phi) is 11.4. The van der Waals surface area contributed by atoms with Crippen molar-refractivity contribution in [3.8, 4) is 0 Å². The van der Waals surface area contributed by atoms with Gasteiger partial charge in [-0.2, -0.15) is 0 Å². The number of nitrogens with zero attached hydrogens (tertiary/aromatic N) is 1. The highest BCUT2D eigenvalue weighted by atomic mass is 16.9. The summed E-state index contributed by atoms with van der Waals surface area (Å²) in [6.07, 6.45) is 7.42. The van der Waals surface area contributed by atoms with E-state index in [9.17, 15) is 4.79 Å². The molecule has 1 aromatic carbocycles. The smallest absolute Gasteiger partial charge is 0.412 e. The van der Waals surface area contributed by atoms with Crippen LogP contribution in [-0.4, -0.2) is 86.8 Å². The van der Waals surface area contributed by atoms with Crippen molar-refractivity contribution in [2.75, 3.05) is 51.3 Å². The summed E-state index contributed by atoms with van der Waals surface area (Å²) in [5.41, 5.74) is 0.666. The molecule has 3 heterocycles. The number of piperidine rings is 1. The highest BCUT2D eigenvalue weighted by Gasteiger charge is 2.66. The minimum Gasteiger partial charge on any atom is -0.440 e. The number of nitrogens with one attached hydrogen (secondary N) is 2. The van der Waals surface area contributed by atoms with E-state index < -0.39 is 36.0 Å². The van der Waals surface area contributed by atoms with Crippen LogP contribution >= 0.6 is 0 Å². The molecule has 3 aliphatic heterocycles. The summed E-state index contributed by atoms with van der Waals surface area (Å²) in [4.78, 5) is 15.4. The summed E-state index contributed by atoms with van der Waals surface area (Å²) in [6, 6.07) is 9.28. The van der Waals surface area contributed by atoms with Crippen LogP contribution in [0.3, 0.4) is 0 Å². The number of para-hydroxylation sites is 1. The van der Waals surface area contributed by atoms with E-state index in [1.165, 1.54) is 38.5 Å². The number of carbonyl (C=O) groups excluding carboxylic acids is 1. The standard InChI is InChI=1S/C30H49N3O6/c1-4-5-6-7-14-21-35-23-30-27(38-29(2,3)39-30)26(36-28(34)32-24-15-10-8-11-16-24)25(37-30)22-31-17-20-33-18-12-9-13-19-33/h8,10-11,15-16,25-27,31H,4-7,9,12-14,17-23H2,1-3H3,(H,32,34)/t25-,26+,27-,30-/m0/s1. The number of ether oxygens (including phenoxy) is 5. The van der Waals surface area contributed by atoms with Crippen molar-refractivity contribution in [3.05, 3.63) is 30.3 Å². The summed E-state index contributed by atoms with van der Waals surface area (Å²) in [5.74, 6) is -2.02. The second-order valence-corrected chi connectivity index (χ2v) is 11.4. The number of rotatable bonds is 15. The van der Waals surface area contributed by atoms with Gasteiger partial charge in [0.25, 0.3) is 0 Å². The number of hydrogen-bond donors (Lipinski definition) is 2. The van der Waals surface area contributed by atoms with E-state index in [-0.39, 0.29) is 6.61 Å². The predicted molar refractivity (Wildman–Crippen MR) is 151 cm³/mol.